The van der Waals surface area contributed by atoms with Crippen molar-refractivity contribution in [1.82, 2.24) is 55.9 Å². The smallest absolute Gasteiger partial charge is 0.260 e. The van der Waals surface area contributed by atoms with Gasteiger partial charge in [-0.25, -0.2) is 15.0 Å². The average Bonchev–Trinajstić information content (AvgIpc) is 4.17. The predicted octanol–water partition coefficient (Wildman–Crippen LogP) is 4.77. The van der Waals surface area contributed by atoms with Gasteiger partial charge in [-0.2, -0.15) is 0 Å². The molecule has 20 heteroatoms. The summed E-state index contributed by atoms with van der Waals surface area (Å²) < 4.78 is 1.89. The van der Waals surface area contributed by atoms with Crippen LogP contribution in [0.2, 0.25) is 0 Å². The standard InChI is InChI=1S/C51H67N13O6S/c1-9-62-29-56-60-47(62)38-14-13-15-41(57-38)64-28-37-36(49(64)69)23-42(61(8)31(2)3)58-39(37)25-52-26-44(67)53-21-12-10-11-16-43(66)59-46(51(5,6)7)50(70)63-27-35(65)22-40(63)48(68)54-24-33-17-19-34(20-18-33)45-32(4)55-30-71-45/h13-15,17-20,23,29-31,35,40,46,52,65H,9-12,16,21-22,24-28H2,1-8H3,(H,53,67)(H,54,68)(H,59,66)/t35-,40+,46-/m1/s1. The number of rotatable bonds is 21. The molecule has 4 aromatic heterocycles. The molecule has 1 fully saturated rings. The largest absolute Gasteiger partial charge is 0.391 e. The van der Waals surface area contributed by atoms with E-state index in [1.165, 1.54) is 4.90 Å². The SMILES string of the molecule is CCn1cnnc1-c1cccc(N2Cc3c(cc(N(C)C(C)C)nc3CNCC(=O)NCCCCCC(=O)N[C@H](C(=O)N3C[C@H](O)C[C@H]3C(=O)NCc3ccc(-c4scnc4C)cc3)C(C)(C)C)C2=O)n1. The molecule has 2 aliphatic heterocycles. The van der Waals surface area contributed by atoms with Crippen LogP contribution in [0.25, 0.3) is 22.0 Å². The zero-order valence-corrected chi connectivity index (χ0v) is 42.8. The second kappa shape index (κ2) is 23.1. The molecule has 3 atom stereocenters. The van der Waals surface area contributed by atoms with E-state index < -0.39 is 29.5 Å². The van der Waals surface area contributed by atoms with Crippen LogP contribution in [-0.4, -0.2) is 120 Å². The van der Waals surface area contributed by atoms with Crippen LogP contribution in [0, 0.1) is 12.3 Å². The van der Waals surface area contributed by atoms with E-state index in [-0.39, 0.29) is 75.2 Å². The fraction of sp³-hybridized carbons (Fsp3) is 0.490. The van der Waals surface area contributed by atoms with Crippen molar-refractivity contribution < 1.29 is 29.1 Å². The average molecular weight is 990 g/mol. The summed E-state index contributed by atoms with van der Waals surface area (Å²) in [5, 5.41) is 30.9. The van der Waals surface area contributed by atoms with Gasteiger partial charge in [0.2, 0.25) is 23.6 Å². The first-order valence-corrected chi connectivity index (χ1v) is 25.3. The summed E-state index contributed by atoms with van der Waals surface area (Å²) in [6, 6.07) is 13.5. The number of hydrogen-bond donors (Lipinski definition) is 5. The second-order valence-electron chi connectivity index (χ2n) is 19.6. The van der Waals surface area contributed by atoms with Crippen LogP contribution in [0.5, 0.6) is 0 Å². The minimum atomic E-state index is -0.922. The summed E-state index contributed by atoms with van der Waals surface area (Å²) in [5.74, 6) is 0.303. The highest BCUT2D eigenvalue weighted by Crippen LogP contribution is 2.33. The first-order chi connectivity index (χ1) is 33.9. The van der Waals surface area contributed by atoms with E-state index in [9.17, 15) is 29.1 Å². The van der Waals surface area contributed by atoms with Crippen LogP contribution in [0.1, 0.15) is 107 Å². The predicted molar refractivity (Wildman–Crippen MR) is 272 cm³/mol. The van der Waals surface area contributed by atoms with E-state index in [2.05, 4.69) is 36.4 Å². The summed E-state index contributed by atoms with van der Waals surface area (Å²) in [6.45, 7) is 15.5. The number of fused-ring (bicyclic) bond motifs is 1. The quantitative estimate of drug-likeness (QED) is 0.0625. The molecule has 1 aromatic carbocycles. The number of carbonyl (C=O) groups is 5. The lowest BCUT2D eigenvalue weighted by Crippen LogP contribution is -2.57. The van der Waals surface area contributed by atoms with Gasteiger partial charge < -0.3 is 40.7 Å². The number of pyridine rings is 2. The van der Waals surface area contributed by atoms with Gasteiger partial charge in [0, 0.05) is 64.2 Å². The normalized spacial score (nSPS) is 16.1. The van der Waals surface area contributed by atoms with Gasteiger partial charge in [0.15, 0.2) is 5.82 Å². The minimum absolute atomic E-state index is 0.00862. The van der Waals surface area contributed by atoms with Gasteiger partial charge in [-0.3, -0.25) is 28.9 Å². The molecule has 19 nitrogen and oxygen atoms in total. The van der Waals surface area contributed by atoms with Gasteiger partial charge in [-0.05, 0) is 75.3 Å². The lowest BCUT2D eigenvalue weighted by Gasteiger charge is -2.35. The third kappa shape index (κ3) is 12.6. The molecule has 5 amide bonds. The van der Waals surface area contributed by atoms with Crippen molar-refractivity contribution in [2.24, 2.45) is 5.41 Å². The Kier molecular flexibility index (Phi) is 17.0. The van der Waals surface area contributed by atoms with E-state index in [0.717, 1.165) is 27.3 Å². The zero-order chi connectivity index (χ0) is 51.0. The number of unbranched alkanes of at least 4 members (excludes halogenated alkanes) is 2. The summed E-state index contributed by atoms with van der Waals surface area (Å²) in [4.78, 5) is 87.9. The first-order valence-electron chi connectivity index (χ1n) is 24.4. The van der Waals surface area contributed by atoms with E-state index in [1.807, 2.05) is 113 Å². The number of likely N-dealkylation sites (tertiary alicyclic amines) is 1. The highest BCUT2D eigenvalue weighted by molar-refractivity contribution is 7.13. The summed E-state index contributed by atoms with van der Waals surface area (Å²) in [6.07, 6.45) is 2.90. The number of hydrogen-bond acceptors (Lipinski definition) is 14. The number of aliphatic hydroxyl groups excluding tert-OH is 1. The molecular weight excluding hydrogens is 923 g/mol. The Labute approximate surface area is 419 Å². The number of carbonyl (C=O) groups excluding carboxylic acids is 5. The number of thiazole rings is 1. The third-order valence-corrected chi connectivity index (χ3v) is 14.0. The van der Waals surface area contributed by atoms with Crippen molar-refractivity contribution in [2.75, 3.05) is 36.5 Å². The Bertz CT molecular complexity index is 2700. The molecule has 2 aliphatic rings. The molecule has 6 heterocycles. The molecule has 1 saturated heterocycles. The maximum absolute atomic E-state index is 14.1. The summed E-state index contributed by atoms with van der Waals surface area (Å²) in [5.41, 5.74) is 6.63. The highest BCUT2D eigenvalue weighted by Gasteiger charge is 2.44. The molecule has 7 rings (SSSR count). The van der Waals surface area contributed by atoms with Gasteiger partial charge in [-0.1, -0.05) is 57.5 Å². The molecule has 0 radical (unpaired) electrons. The van der Waals surface area contributed by atoms with Gasteiger partial charge in [0.25, 0.3) is 5.91 Å². The number of aliphatic hydroxyl groups is 1. The Morgan fingerprint density at radius 2 is 1.76 bits per heavy atom. The van der Waals surface area contributed by atoms with Crippen molar-refractivity contribution in [1.29, 1.82) is 0 Å². The van der Waals surface area contributed by atoms with E-state index in [4.69, 9.17) is 9.97 Å². The van der Waals surface area contributed by atoms with Gasteiger partial charge in [0.1, 0.15) is 35.7 Å². The van der Waals surface area contributed by atoms with Crippen LogP contribution in [0.4, 0.5) is 11.6 Å². The molecule has 0 aliphatic carbocycles. The molecule has 0 bridgehead atoms. The molecule has 0 spiro atoms. The minimum Gasteiger partial charge on any atom is -0.391 e. The lowest BCUT2D eigenvalue weighted by atomic mass is 9.85. The van der Waals surface area contributed by atoms with Crippen molar-refractivity contribution >= 4 is 52.5 Å². The van der Waals surface area contributed by atoms with Crippen LogP contribution in [0.3, 0.4) is 0 Å². The van der Waals surface area contributed by atoms with Crippen LogP contribution in [-0.2, 0) is 45.4 Å². The van der Waals surface area contributed by atoms with Crippen molar-refractivity contribution in [3.05, 3.63) is 88.4 Å². The topological polar surface area (TPSA) is 233 Å². The number of aromatic nitrogens is 6. The molecule has 5 aromatic rings. The summed E-state index contributed by atoms with van der Waals surface area (Å²) >= 11 is 1.57. The number of nitrogens with zero attached hydrogens (tertiary/aromatic N) is 9. The fourth-order valence-electron chi connectivity index (χ4n) is 8.70. The molecular formula is C51H67N13O6S. The lowest BCUT2D eigenvalue weighted by molar-refractivity contribution is -0.144. The van der Waals surface area contributed by atoms with Gasteiger partial charge in [0.05, 0.1) is 46.5 Å². The van der Waals surface area contributed by atoms with Crippen LogP contribution < -0.4 is 31.1 Å². The second-order valence-corrected chi connectivity index (χ2v) is 20.4. The molecule has 71 heavy (non-hydrogen) atoms. The van der Waals surface area contributed by atoms with Gasteiger partial charge in [-0.15, -0.1) is 21.5 Å². The van der Waals surface area contributed by atoms with Crippen molar-refractivity contribution in [3.8, 4) is 22.0 Å². The summed E-state index contributed by atoms with van der Waals surface area (Å²) in [7, 11) is 1.93. The Morgan fingerprint density at radius 3 is 2.46 bits per heavy atom. The number of benzene rings is 1. The Hall–Kier alpha value is -6.64. The maximum Gasteiger partial charge on any atom is 0.260 e. The maximum atomic E-state index is 14.1. The van der Waals surface area contributed by atoms with E-state index in [1.54, 1.807) is 28.6 Å². The highest BCUT2D eigenvalue weighted by atomic mass is 32.1. The monoisotopic (exact) mass is 990 g/mol. The molecule has 0 saturated carbocycles. The first kappa shape index (κ1) is 52.2. The third-order valence-electron chi connectivity index (χ3n) is 13.0. The fourth-order valence-corrected chi connectivity index (χ4v) is 9.51. The van der Waals surface area contributed by atoms with Crippen molar-refractivity contribution in [3.63, 3.8) is 0 Å². The Balaban J connectivity index is 0.854. The van der Waals surface area contributed by atoms with Crippen LogP contribution in [0.15, 0.2) is 60.4 Å². The number of aryl methyl sites for hydroxylation is 2. The zero-order valence-electron chi connectivity index (χ0n) is 42.0. The van der Waals surface area contributed by atoms with Crippen molar-refractivity contribution in [2.45, 2.75) is 131 Å². The number of amides is 5. The number of nitrogens with one attached hydrogen (secondary N) is 4. The Morgan fingerprint density at radius 1 is 0.986 bits per heavy atom. The van der Waals surface area contributed by atoms with Gasteiger partial charge >= 0.3 is 0 Å². The molecule has 5 N–H and O–H groups in total. The molecule has 0 unspecified atom stereocenters. The van der Waals surface area contributed by atoms with E-state index >= 15 is 0 Å². The molecule has 378 valence electrons. The number of anilines is 2. The van der Waals surface area contributed by atoms with E-state index in [0.29, 0.717) is 66.8 Å². The van der Waals surface area contributed by atoms with Crippen LogP contribution >= 0.6 is 11.3 Å². The number of β-amino-alcohol motifs (C(OH)–C–C–N with tert-alkyl or cyclic N) is 1.